The number of unbranched alkanes of at least 4 members (excludes halogenated alkanes) is 14. The Hall–Kier alpha value is -1.63. The Bertz CT molecular complexity index is 535. The first kappa shape index (κ1) is 31.4. The number of carbonyl (C=O) groups is 3. The average molecular weight is 473 g/mol. The molecule has 0 aromatic rings. The maximum atomic E-state index is 12.7. The van der Waals surface area contributed by atoms with Gasteiger partial charge in [-0.05, 0) is 12.8 Å². The van der Waals surface area contributed by atoms with Gasteiger partial charge in [0.05, 0.1) is 18.9 Å². The minimum Gasteiger partial charge on any atom is -0.481 e. The van der Waals surface area contributed by atoms with Crippen LogP contribution in [0.2, 0.25) is 0 Å². The number of hydrogen-bond donors (Lipinski definition) is 3. The van der Waals surface area contributed by atoms with Crippen molar-refractivity contribution in [3.8, 4) is 0 Å². The molecule has 0 bridgehead atoms. The van der Waals surface area contributed by atoms with E-state index in [2.05, 4.69) is 13.8 Å². The maximum absolute atomic E-state index is 12.7. The lowest BCUT2D eigenvalue weighted by Gasteiger charge is -2.29. The molecule has 0 heterocycles. The van der Waals surface area contributed by atoms with Crippen molar-refractivity contribution in [3.63, 3.8) is 0 Å². The Kier molecular flexibility index (Phi) is 18.8. The Balaban J connectivity index is 4.62. The number of carboxylic acids is 2. The van der Waals surface area contributed by atoms with Crippen LogP contribution in [-0.2, 0) is 19.1 Å². The van der Waals surface area contributed by atoms with Crippen molar-refractivity contribution in [2.45, 2.75) is 135 Å². The van der Waals surface area contributed by atoms with Crippen LogP contribution in [0.15, 0.2) is 0 Å². The lowest BCUT2D eigenvalue weighted by atomic mass is 9.81. The topological polar surface area (TPSA) is 121 Å². The molecule has 0 aromatic carbocycles. The summed E-state index contributed by atoms with van der Waals surface area (Å²) < 4.78 is 5.28. The van der Waals surface area contributed by atoms with Gasteiger partial charge < -0.3 is 20.1 Å². The molecule has 2 atom stereocenters. The zero-order chi connectivity index (χ0) is 25.0. The highest BCUT2D eigenvalue weighted by Crippen LogP contribution is 2.29. The van der Waals surface area contributed by atoms with Gasteiger partial charge in [-0.3, -0.25) is 9.59 Å². The molecule has 0 amide bonds. The van der Waals surface area contributed by atoms with Crippen LogP contribution >= 0.6 is 0 Å². The van der Waals surface area contributed by atoms with Gasteiger partial charge in [0.15, 0.2) is 5.60 Å². The maximum Gasteiger partial charge on any atom is 0.337 e. The van der Waals surface area contributed by atoms with Gasteiger partial charge in [0, 0.05) is 0 Å². The fourth-order valence-electron chi connectivity index (χ4n) is 4.12. The van der Waals surface area contributed by atoms with E-state index in [1.165, 1.54) is 38.5 Å². The second-order valence-electron chi connectivity index (χ2n) is 9.26. The Morgan fingerprint density at radius 1 is 0.697 bits per heavy atom. The van der Waals surface area contributed by atoms with Gasteiger partial charge in [-0.25, -0.2) is 4.79 Å². The summed E-state index contributed by atoms with van der Waals surface area (Å²) in [5.74, 6) is -5.36. The first-order valence-corrected chi connectivity index (χ1v) is 13.1. The standard InChI is InChI=1S/C26H48O7/c1-3-5-7-9-11-12-13-14-15-17-19-22(26(32,25(30)31)21-23(27)28)24(29)33-20-18-16-10-8-6-4-2/h22,32H,3-21H2,1-2H3,(H,27,28)(H,30,31). The predicted octanol–water partition coefficient (Wildman–Crippen LogP) is 6.11. The SMILES string of the molecule is CCCCCCCCCCCCC(C(=O)OCCCCCCCC)C(O)(CC(=O)O)C(=O)O. The molecule has 2 unspecified atom stereocenters. The molecular formula is C26H48O7. The number of aliphatic hydroxyl groups is 1. The molecule has 33 heavy (non-hydrogen) atoms. The smallest absolute Gasteiger partial charge is 0.337 e. The third-order valence-corrected chi connectivity index (χ3v) is 6.24. The summed E-state index contributed by atoms with van der Waals surface area (Å²) in [6.45, 7) is 4.49. The van der Waals surface area contributed by atoms with Gasteiger partial charge >= 0.3 is 17.9 Å². The first-order chi connectivity index (χ1) is 15.8. The van der Waals surface area contributed by atoms with E-state index in [4.69, 9.17) is 9.84 Å². The summed E-state index contributed by atoms with van der Waals surface area (Å²) in [7, 11) is 0. The molecule has 0 aromatic heterocycles. The molecule has 0 rings (SSSR count). The highest BCUT2D eigenvalue weighted by Gasteiger charge is 2.50. The van der Waals surface area contributed by atoms with Crippen molar-refractivity contribution in [2.75, 3.05) is 6.61 Å². The van der Waals surface area contributed by atoms with E-state index in [0.29, 0.717) is 12.8 Å². The number of carboxylic acid groups (broad SMARTS) is 2. The molecule has 0 saturated carbocycles. The molecular weight excluding hydrogens is 424 g/mol. The zero-order valence-corrected chi connectivity index (χ0v) is 21.0. The highest BCUT2D eigenvalue weighted by molar-refractivity contribution is 5.90. The fourth-order valence-corrected chi connectivity index (χ4v) is 4.12. The normalized spacial score (nSPS) is 13.9. The van der Waals surface area contributed by atoms with E-state index in [0.717, 1.165) is 51.4 Å². The van der Waals surface area contributed by atoms with Crippen molar-refractivity contribution in [3.05, 3.63) is 0 Å². The van der Waals surface area contributed by atoms with Gasteiger partial charge in [0.1, 0.15) is 0 Å². The minimum atomic E-state index is -2.66. The van der Waals surface area contributed by atoms with Gasteiger partial charge in [-0.2, -0.15) is 0 Å². The summed E-state index contributed by atoms with van der Waals surface area (Å²) in [4.78, 5) is 35.6. The van der Waals surface area contributed by atoms with E-state index < -0.39 is 35.8 Å². The van der Waals surface area contributed by atoms with Crippen LogP contribution in [0, 0.1) is 5.92 Å². The highest BCUT2D eigenvalue weighted by atomic mass is 16.5. The molecule has 0 spiro atoms. The third-order valence-electron chi connectivity index (χ3n) is 6.24. The summed E-state index contributed by atoms with van der Waals surface area (Å²) in [6, 6.07) is 0. The van der Waals surface area contributed by atoms with Crippen LogP contribution in [0.1, 0.15) is 129 Å². The molecule has 0 aliphatic carbocycles. The zero-order valence-electron chi connectivity index (χ0n) is 21.0. The van der Waals surface area contributed by atoms with Gasteiger partial charge in [0.25, 0.3) is 0 Å². The number of rotatable bonds is 23. The van der Waals surface area contributed by atoms with Crippen LogP contribution < -0.4 is 0 Å². The fraction of sp³-hybridized carbons (Fsp3) is 0.885. The van der Waals surface area contributed by atoms with Crippen molar-refractivity contribution in [1.29, 1.82) is 0 Å². The van der Waals surface area contributed by atoms with Crippen LogP contribution in [-0.4, -0.2) is 45.4 Å². The number of hydrogen-bond acceptors (Lipinski definition) is 5. The largest absolute Gasteiger partial charge is 0.481 e. The quantitative estimate of drug-likeness (QED) is 0.121. The van der Waals surface area contributed by atoms with E-state index >= 15 is 0 Å². The third kappa shape index (κ3) is 15.0. The molecule has 0 radical (unpaired) electrons. The summed E-state index contributed by atoms with van der Waals surface area (Å²) in [6.07, 6.45) is 15.9. The Morgan fingerprint density at radius 2 is 1.12 bits per heavy atom. The van der Waals surface area contributed by atoms with E-state index in [1.807, 2.05) is 0 Å². The molecule has 3 N–H and O–H groups in total. The molecule has 7 nitrogen and oxygen atoms in total. The first-order valence-electron chi connectivity index (χ1n) is 13.1. The van der Waals surface area contributed by atoms with Crippen molar-refractivity contribution >= 4 is 17.9 Å². The van der Waals surface area contributed by atoms with Crippen LogP contribution in [0.5, 0.6) is 0 Å². The van der Waals surface area contributed by atoms with Gasteiger partial charge in [-0.1, -0.05) is 110 Å². The molecule has 0 aliphatic heterocycles. The number of carbonyl (C=O) groups excluding carboxylic acids is 1. The van der Waals surface area contributed by atoms with E-state index in [1.54, 1.807) is 0 Å². The number of ether oxygens (including phenoxy) is 1. The number of aliphatic carboxylic acids is 2. The second-order valence-corrected chi connectivity index (χ2v) is 9.26. The molecule has 194 valence electrons. The average Bonchev–Trinajstić information content (AvgIpc) is 2.76. The van der Waals surface area contributed by atoms with Crippen molar-refractivity contribution in [2.24, 2.45) is 5.92 Å². The number of esters is 1. The van der Waals surface area contributed by atoms with Crippen LogP contribution in [0.3, 0.4) is 0 Å². The van der Waals surface area contributed by atoms with E-state index in [-0.39, 0.29) is 13.0 Å². The lowest BCUT2D eigenvalue weighted by molar-refractivity contribution is -0.182. The van der Waals surface area contributed by atoms with Gasteiger partial charge in [-0.15, -0.1) is 0 Å². The summed E-state index contributed by atoms with van der Waals surface area (Å²) in [5.41, 5.74) is -2.66. The molecule has 7 heteroatoms. The monoisotopic (exact) mass is 472 g/mol. The van der Waals surface area contributed by atoms with Crippen molar-refractivity contribution in [1.82, 2.24) is 0 Å². The molecule has 0 aliphatic rings. The van der Waals surface area contributed by atoms with Crippen molar-refractivity contribution < 1.29 is 34.4 Å². The van der Waals surface area contributed by atoms with Crippen LogP contribution in [0.4, 0.5) is 0 Å². The molecule has 0 saturated heterocycles. The summed E-state index contributed by atoms with van der Waals surface area (Å²) in [5, 5.41) is 29.3. The van der Waals surface area contributed by atoms with Gasteiger partial charge in [0.2, 0.25) is 0 Å². The lowest BCUT2D eigenvalue weighted by Crippen LogP contribution is -2.51. The minimum absolute atomic E-state index is 0.0991. The summed E-state index contributed by atoms with van der Waals surface area (Å²) >= 11 is 0. The second kappa shape index (κ2) is 19.8. The Morgan fingerprint density at radius 3 is 1.55 bits per heavy atom. The molecule has 0 fully saturated rings. The Labute approximate surface area is 200 Å². The van der Waals surface area contributed by atoms with E-state index in [9.17, 15) is 24.6 Å². The predicted molar refractivity (Wildman–Crippen MR) is 129 cm³/mol. The van der Waals surface area contributed by atoms with Crippen LogP contribution in [0.25, 0.3) is 0 Å².